The lowest BCUT2D eigenvalue weighted by Crippen LogP contribution is -2.17. The van der Waals surface area contributed by atoms with Crippen LogP contribution in [0.1, 0.15) is 44.1 Å². The van der Waals surface area contributed by atoms with Gasteiger partial charge in [0.2, 0.25) is 0 Å². The Morgan fingerprint density at radius 1 is 1.21 bits per heavy atom. The van der Waals surface area contributed by atoms with Gasteiger partial charge in [-0.1, -0.05) is 37.2 Å². The summed E-state index contributed by atoms with van der Waals surface area (Å²) in [5, 5.41) is 3.55. The summed E-state index contributed by atoms with van der Waals surface area (Å²) in [6, 6.07) is 8.37. The largest absolute Gasteiger partial charge is 0.385 e. The van der Waals surface area contributed by atoms with Crippen molar-refractivity contribution in [1.29, 1.82) is 0 Å². The van der Waals surface area contributed by atoms with Crippen molar-refractivity contribution in [1.82, 2.24) is 0 Å². The summed E-state index contributed by atoms with van der Waals surface area (Å²) in [5.74, 6) is 7.08. The molecule has 0 amide bonds. The van der Waals surface area contributed by atoms with Crippen molar-refractivity contribution in [3.05, 3.63) is 29.8 Å². The maximum absolute atomic E-state index is 5.44. The first-order chi connectivity index (χ1) is 9.38. The van der Waals surface area contributed by atoms with Crippen molar-refractivity contribution >= 4 is 5.69 Å². The lowest BCUT2D eigenvalue weighted by molar-refractivity contribution is 0.373. The first-order valence-corrected chi connectivity index (χ1v) is 7.41. The smallest absolute Gasteiger partial charge is 0.0352 e. The Balaban J connectivity index is 1.86. The zero-order valence-electron chi connectivity index (χ0n) is 11.6. The van der Waals surface area contributed by atoms with Gasteiger partial charge in [0.1, 0.15) is 0 Å². The van der Waals surface area contributed by atoms with Gasteiger partial charge in [-0.25, -0.2) is 0 Å². The Bertz CT molecular complexity index is 436. The van der Waals surface area contributed by atoms with E-state index in [1.54, 1.807) is 0 Å². The third-order valence-corrected chi connectivity index (χ3v) is 3.68. The first-order valence-electron chi connectivity index (χ1n) is 7.41. The summed E-state index contributed by atoms with van der Waals surface area (Å²) < 4.78 is 0. The van der Waals surface area contributed by atoms with Gasteiger partial charge in [-0.15, -0.1) is 0 Å². The molecule has 0 unspecified atom stereocenters. The van der Waals surface area contributed by atoms with Crippen LogP contribution in [0.5, 0.6) is 0 Å². The van der Waals surface area contributed by atoms with Crippen LogP contribution in [-0.4, -0.2) is 13.1 Å². The minimum atomic E-state index is 0.632. The van der Waals surface area contributed by atoms with Crippen molar-refractivity contribution in [3.63, 3.8) is 0 Å². The molecule has 1 saturated carbocycles. The van der Waals surface area contributed by atoms with Gasteiger partial charge >= 0.3 is 0 Å². The zero-order chi connectivity index (χ0) is 13.3. The van der Waals surface area contributed by atoms with E-state index in [-0.39, 0.29) is 0 Å². The highest BCUT2D eigenvalue weighted by Crippen LogP contribution is 2.24. The van der Waals surface area contributed by atoms with Crippen molar-refractivity contribution < 1.29 is 0 Å². The van der Waals surface area contributed by atoms with E-state index < -0.39 is 0 Å². The van der Waals surface area contributed by atoms with Gasteiger partial charge in [-0.2, -0.15) is 0 Å². The Kier molecular flexibility index (Phi) is 5.78. The second kappa shape index (κ2) is 7.86. The fourth-order valence-corrected chi connectivity index (χ4v) is 2.60. The predicted octanol–water partition coefficient (Wildman–Crippen LogP) is 3.38. The summed E-state index contributed by atoms with van der Waals surface area (Å²) in [6.45, 7) is 1.73. The standard InChI is InChI=1S/C17H24N2/c18-12-5-4-7-15-10-6-11-17(13-15)19-14-16-8-2-1-3-9-16/h6,10-11,13,16,19H,1-3,5,8-9,12,14,18H2. The third kappa shape index (κ3) is 4.96. The van der Waals surface area contributed by atoms with Crippen molar-refractivity contribution in [2.24, 2.45) is 11.7 Å². The zero-order valence-corrected chi connectivity index (χ0v) is 11.6. The fourth-order valence-electron chi connectivity index (χ4n) is 2.60. The highest BCUT2D eigenvalue weighted by Gasteiger charge is 2.12. The summed E-state index contributed by atoms with van der Waals surface area (Å²) in [4.78, 5) is 0. The van der Waals surface area contributed by atoms with Gasteiger partial charge in [-0.05, 0) is 37.0 Å². The summed E-state index contributed by atoms with van der Waals surface area (Å²) in [5.41, 5.74) is 7.69. The number of hydrogen-bond acceptors (Lipinski definition) is 2. The molecule has 1 fully saturated rings. The first kappa shape index (κ1) is 14.0. The van der Waals surface area contributed by atoms with Gasteiger partial charge in [0.25, 0.3) is 0 Å². The van der Waals surface area contributed by atoms with Crippen LogP contribution < -0.4 is 11.1 Å². The maximum atomic E-state index is 5.44. The van der Waals surface area contributed by atoms with E-state index in [4.69, 9.17) is 5.73 Å². The molecule has 2 heteroatoms. The molecular formula is C17H24N2. The quantitative estimate of drug-likeness (QED) is 0.810. The number of nitrogens with two attached hydrogens (primary N) is 1. The van der Waals surface area contributed by atoms with E-state index in [0.717, 1.165) is 24.4 Å². The molecule has 0 saturated heterocycles. The Morgan fingerprint density at radius 3 is 2.84 bits per heavy atom. The van der Waals surface area contributed by atoms with Gasteiger partial charge in [0.05, 0.1) is 0 Å². The van der Waals surface area contributed by atoms with E-state index in [1.165, 1.54) is 37.8 Å². The SMILES string of the molecule is NCCC#Cc1cccc(NCC2CCCCC2)c1. The van der Waals surface area contributed by atoms with Gasteiger partial charge in [0, 0.05) is 30.8 Å². The summed E-state index contributed by atoms with van der Waals surface area (Å²) in [7, 11) is 0. The number of benzene rings is 1. The molecule has 0 aliphatic heterocycles. The molecule has 0 bridgehead atoms. The van der Waals surface area contributed by atoms with Gasteiger partial charge in [0.15, 0.2) is 0 Å². The van der Waals surface area contributed by atoms with Crippen LogP contribution in [0.4, 0.5) is 5.69 Å². The molecule has 102 valence electrons. The average Bonchev–Trinajstić information content (AvgIpc) is 2.47. The highest BCUT2D eigenvalue weighted by atomic mass is 14.9. The predicted molar refractivity (Wildman–Crippen MR) is 82.1 cm³/mol. The van der Waals surface area contributed by atoms with E-state index in [1.807, 2.05) is 0 Å². The number of rotatable bonds is 4. The van der Waals surface area contributed by atoms with E-state index in [2.05, 4.69) is 41.4 Å². The molecule has 0 aromatic heterocycles. The molecule has 1 aliphatic rings. The third-order valence-electron chi connectivity index (χ3n) is 3.68. The average molecular weight is 256 g/mol. The van der Waals surface area contributed by atoms with E-state index in [0.29, 0.717) is 6.54 Å². The molecule has 0 heterocycles. The second-order valence-corrected chi connectivity index (χ2v) is 5.31. The van der Waals surface area contributed by atoms with Crippen LogP contribution in [0.3, 0.4) is 0 Å². The van der Waals surface area contributed by atoms with Crippen molar-refractivity contribution in [2.75, 3.05) is 18.4 Å². The van der Waals surface area contributed by atoms with Crippen LogP contribution in [0.2, 0.25) is 0 Å². The lowest BCUT2D eigenvalue weighted by Gasteiger charge is -2.22. The molecule has 2 rings (SSSR count). The van der Waals surface area contributed by atoms with Gasteiger partial charge < -0.3 is 11.1 Å². The molecular weight excluding hydrogens is 232 g/mol. The summed E-state index contributed by atoms with van der Waals surface area (Å²) in [6.07, 6.45) is 7.74. The molecule has 2 nitrogen and oxygen atoms in total. The van der Waals surface area contributed by atoms with Crippen molar-refractivity contribution in [2.45, 2.75) is 38.5 Å². The van der Waals surface area contributed by atoms with Crippen LogP contribution in [-0.2, 0) is 0 Å². The Labute approximate surface area is 116 Å². The number of hydrogen-bond donors (Lipinski definition) is 2. The molecule has 0 spiro atoms. The minimum absolute atomic E-state index is 0.632. The number of anilines is 1. The summed E-state index contributed by atoms with van der Waals surface area (Å²) >= 11 is 0. The van der Waals surface area contributed by atoms with E-state index >= 15 is 0 Å². The fraction of sp³-hybridized carbons (Fsp3) is 0.529. The van der Waals surface area contributed by atoms with Crippen LogP contribution >= 0.6 is 0 Å². The maximum Gasteiger partial charge on any atom is 0.0352 e. The van der Waals surface area contributed by atoms with Crippen molar-refractivity contribution in [3.8, 4) is 11.8 Å². The molecule has 1 aliphatic carbocycles. The second-order valence-electron chi connectivity index (χ2n) is 5.31. The van der Waals surface area contributed by atoms with Crippen LogP contribution in [0.25, 0.3) is 0 Å². The Hall–Kier alpha value is -1.46. The topological polar surface area (TPSA) is 38.0 Å². The van der Waals surface area contributed by atoms with E-state index in [9.17, 15) is 0 Å². The van der Waals surface area contributed by atoms with Crippen LogP contribution in [0.15, 0.2) is 24.3 Å². The van der Waals surface area contributed by atoms with Crippen LogP contribution in [0, 0.1) is 17.8 Å². The molecule has 0 atom stereocenters. The Morgan fingerprint density at radius 2 is 2.05 bits per heavy atom. The van der Waals surface area contributed by atoms with Gasteiger partial charge in [-0.3, -0.25) is 0 Å². The molecule has 3 N–H and O–H groups in total. The molecule has 1 aromatic carbocycles. The molecule has 0 radical (unpaired) electrons. The monoisotopic (exact) mass is 256 g/mol. The molecule has 1 aromatic rings. The lowest BCUT2D eigenvalue weighted by atomic mass is 9.89. The highest BCUT2D eigenvalue weighted by molar-refractivity contribution is 5.50. The molecule has 19 heavy (non-hydrogen) atoms. The minimum Gasteiger partial charge on any atom is -0.385 e. The normalized spacial score (nSPS) is 15.6. The number of nitrogens with one attached hydrogen (secondary N) is 1.